The zero-order valence-electron chi connectivity index (χ0n) is 11.4. The minimum Gasteiger partial charge on any atom is -0.399 e. The lowest BCUT2D eigenvalue weighted by molar-refractivity contribution is -0.125. The van der Waals surface area contributed by atoms with E-state index in [1.165, 1.54) is 6.07 Å². The van der Waals surface area contributed by atoms with Crippen LogP contribution in [0.5, 0.6) is 0 Å². The van der Waals surface area contributed by atoms with Gasteiger partial charge in [-0.15, -0.1) is 0 Å². The van der Waals surface area contributed by atoms with E-state index >= 15 is 0 Å². The van der Waals surface area contributed by atoms with Crippen molar-refractivity contribution in [2.24, 2.45) is 5.92 Å². The van der Waals surface area contributed by atoms with E-state index in [1.807, 2.05) is 4.90 Å². The molecule has 110 valence electrons. The number of halogens is 2. The van der Waals surface area contributed by atoms with Crippen molar-refractivity contribution in [2.45, 2.75) is 19.3 Å². The van der Waals surface area contributed by atoms with Crippen LogP contribution in [0.15, 0.2) is 18.2 Å². The molecule has 1 aromatic rings. The van der Waals surface area contributed by atoms with Crippen LogP contribution in [0.3, 0.4) is 0 Å². The highest BCUT2D eigenvalue weighted by Crippen LogP contribution is 2.33. The van der Waals surface area contributed by atoms with Crippen molar-refractivity contribution in [1.82, 2.24) is 5.32 Å². The maximum absolute atomic E-state index is 13.1. The highest BCUT2D eigenvalue weighted by Gasteiger charge is 2.26. The van der Waals surface area contributed by atoms with E-state index < -0.39 is 6.43 Å². The number of carbonyl (C=O) groups excluding carboxylic acids is 1. The molecule has 1 aromatic carbocycles. The van der Waals surface area contributed by atoms with Gasteiger partial charge >= 0.3 is 0 Å². The summed E-state index contributed by atoms with van der Waals surface area (Å²) in [7, 11) is 1.61. The summed E-state index contributed by atoms with van der Waals surface area (Å²) in [5.41, 5.74) is 6.39. The van der Waals surface area contributed by atoms with Crippen molar-refractivity contribution in [2.75, 3.05) is 30.8 Å². The van der Waals surface area contributed by atoms with Crippen molar-refractivity contribution < 1.29 is 13.6 Å². The highest BCUT2D eigenvalue weighted by molar-refractivity contribution is 5.78. The van der Waals surface area contributed by atoms with Gasteiger partial charge in [0.05, 0.1) is 0 Å². The first kappa shape index (κ1) is 14.6. The van der Waals surface area contributed by atoms with Crippen molar-refractivity contribution in [3.63, 3.8) is 0 Å². The average Bonchev–Trinajstić information content (AvgIpc) is 2.46. The zero-order chi connectivity index (χ0) is 14.7. The molecule has 1 aliphatic heterocycles. The number of nitrogens with zero attached hydrogens (tertiary/aromatic N) is 1. The summed E-state index contributed by atoms with van der Waals surface area (Å²) in [5.74, 6) is -0.00364. The van der Waals surface area contributed by atoms with Crippen molar-refractivity contribution >= 4 is 17.3 Å². The number of nitrogen functional groups attached to an aromatic ring is 1. The van der Waals surface area contributed by atoms with Crippen LogP contribution in [0.1, 0.15) is 24.8 Å². The summed E-state index contributed by atoms with van der Waals surface area (Å²) in [6, 6.07) is 4.59. The number of hydrogen-bond acceptors (Lipinski definition) is 3. The van der Waals surface area contributed by atoms with E-state index in [9.17, 15) is 13.6 Å². The van der Waals surface area contributed by atoms with Crippen LogP contribution in [0.2, 0.25) is 0 Å². The average molecular weight is 283 g/mol. The standard InChI is InChI=1S/C14H19F2N3O/c1-18-14(20)9-4-6-19(7-5-9)12-3-2-10(17)8-11(12)13(15)16/h2-3,8-9,13H,4-7,17H2,1H3,(H,18,20). The second-order valence-corrected chi connectivity index (χ2v) is 4.99. The Kier molecular flexibility index (Phi) is 4.42. The molecule has 0 unspecified atom stereocenters. The van der Waals surface area contributed by atoms with Gasteiger partial charge in [-0.2, -0.15) is 0 Å². The smallest absolute Gasteiger partial charge is 0.265 e. The number of hydrogen-bond donors (Lipinski definition) is 2. The molecule has 2 rings (SSSR count). The molecule has 1 saturated heterocycles. The fourth-order valence-corrected chi connectivity index (χ4v) is 2.62. The molecule has 4 nitrogen and oxygen atoms in total. The van der Waals surface area contributed by atoms with Crippen LogP contribution in [-0.4, -0.2) is 26.0 Å². The number of rotatable bonds is 3. The molecule has 0 spiro atoms. The van der Waals surface area contributed by atoms with Gasteiger partial charge in [0.1, 0.15) is 0 Å². The number of anilines is 2. The van der Waals surface area contributed by atoms with Gasteiger partial charge in [0, 0.05) is 43.0 Å². The van der Waals surface area contributed by atoms with E-state index in [-0.39, 0.29) is 17.4 Å². The Morgan fingerprint density at radius 1 is 1.40 bits per heavy atom. The van der Waals surface area contributed by atoms with Gasteiger partial charge in [0.2, 0.25) is 5.91 Å². The van der Waals surface area contributed by atoms with Crippen molar-refractivity contribution in [3.8, 4) is 0 Å². The van der Waals surface area contributed by atoms with E-state index in [0.717, 1.165) is 0 Å². The molecule has 0 bridgehead atoms. The molecular weight excluding hydrogens is 264 g/mol. The SMILES string of the molecule is CNC(=O)C1CCN(c2ccc(N)cc2C(F)F)CC1. The maximum atomic E-state index is 13.1. The van der Waals surface area contributed by atoms with Gasteiger partial charge in [0.15, 0.2) is 0 Å². The third kappa shape index (κ3) is 3.00. The third-order valence-electron chi connectivity index (χ3n) is 3.74. The normalized spacial score (nSPS) is 16.5. The van der Waals surface area contributed by atoms with E-state index in [1.54, 1.807) is 19.2 Å². The topological polar surface area (TPSA) is 58.4 Å². The van der Waals surface area contributed by atoms with Crippen LogP contribution in [0.25, 0.3) is 0 Å². The number of piperidine rings is 1. The quantitative estimate of drug-likeness (QED) is 0.836. The molecule has 1 amide bonds. The van der Waals surface area contributed by atoms with Gasteiger partial charge < -0.3 is 16.0 Å². The number of alkyl halides is 2. The number of nitrogens with two attached hydrogens (primary N) is 1. The Morgan fingerprint density at radius 2 is 2.05 bits per heavy atom. The second kappa shape index (κ2) is 6.07. The minimum atomic E-state index is -2.55. The van der Waals surface area contributed by atoms with E-state index in [0.29, 0.717) is 37.3 Å². The van der Waals surface area contributed by atoms with Crippen LogP contribution >= 0.6 is 0 Å². The lowest BCUT2D eigenvalue weighted by Crippen LogP contribution is -2.39. The fraction of sp³-hybridized carbons (Fsp3) is 0.500. The van der Waals surface area contributed by atoms with Crippen LogP contribution in [-0.2, 0) is 4.79 Å². The summed E-state index contributed by atoms with van der Waals surface area (Å²) in [4.78, 5) is 13.5. The molecule has 6 heteroatoms. The van der Waals surface area contributed by atoms with Crippen molar-refractivity contribution in [1.29, 1.82) is 0 Å². The van der Waals surface area contributed by atoms with Gasteiger partial charge in [-0.05, 0) is 31.0 Å². The Balaban J connectivity index is 2.13. The first-order valence-electron chi connectivity index (χ1n) is 6.67. The third-order valence-corrected chi connectivity index (χ3v) is 3.74. The van der Waals surface area contributed by atoms with Gasteiger partial charge in [0.25, 0.3) is 6.43 Å². The molecule has 0 radical (unpaired) electrons. The molecule has 0 aliphatic carbocycles. The summed E-state index contributed by atoms with van der Waals surface area (Å²) >= 11 is 0. The monoisotopic (exact) mass is 283 g/mol. The van der Waals surface area contributed by atoms with E-state index in [4.69, 9.17) is 5.73 Å². The molecule has 0 atom stereocenters. The maximum Gasteiger partial charge on any atom is 0.265 e. The summed E-state index contributed by atoms with van der Waals surface area (Å²) in [6.45, 7) is 1.20. The van der Waals surface area contributed by atoms with Gasteiger partial charge in [-0.1, -0.05) is 0 Å². The lowest BCUT2D eigenvalue weighted by Gasteiger charge is -2.34. The Morgan fingerprint density at radius 3 is 2.60 bits per heavy atom. The van der Waals surface area contributed by atoms with Gasteiger partial charge in [-0.25, -0.2) is 8.78 Å². The molecule has 1 fully saturated rings. The lowest BCUT2D eigenvalue weighted by atomic mass is 9.95. The number of amides is 1. The van der Waals surface area contributed by atoms with Gasteiger partial charge in [-0.3, -0.25) is 4.79 Å². The molecule has 1 aliphatic rings. The molecule has 20 heavy (non-hydrogen) atoms. The first-order chi connectivity index (χ1) is 9.52. The minimum absolute atomic E-state index is 0.0241. The Bertz CT molecular complexity index is 485. The number of nitrogens with one attached hydrogen (secondary N) is 1. The Hall–Kier alpha value is -1.85. The summed E-state index contributed by atoms with van der Waals surface area (Å²) in [6.07, 6.45) is -1.20. The Labute approximate surface area is 116 Å². The predicted molar refractivity (Wildman–Crippen MR) is 74.8 cm³/mol. The molecule has 0 aromatic heterocycles. The number of benzene rings is 1. The van der Waals surface area contributed by atoms with Crippen LogP contribution < -0.4 is 16.0 Å². The van der Waals surface area contributed by atoms with Crippen LogP contribution in [0, 0.1) is 5.92 Å². The van der Waals surface area contributed by atoms with E-state index in [2.05, 4.69) is 5.32 Å². The largest absolute Gasteiger partial charge is 0.399 e. The fourth-order valence-electron chi connectivity index (χ4n) is 2.62. The first-order valence-corrected chi connectivity index (χ1v) is 6.67. The summed E-state index contributed by atoms with van der Waals surface area (Å²) < 4.78 is 26.2. The highest BCUT2D eigenvalue weighted by atomic mass is 19.3. The summed E-state index contributed by atoms with van der Waals surface area (Å²) in [5, 5.41) is 2.63. The zero-order valence-corrected chi connectivity index (χ0v) is 11.4. The molecule has 3 N–H and O–H groups in total. The molecule has 1 heterocycles. The second-order valence-electron chi connectivity index (χ2n) is 4.99. The molecular formula is C14H19F2N3O. The molecule has 0 saturated carbocycles. The van der Waals surface area contributed by atoms with Crippen molar-refractivity contribution in [3.05, 3.63) is 23.8 Å². The number of carbonyl (C=O) groups is 1. The van der Waals surface area contributed by atoms with Crippen LogP contribution in [0.4, 0.5) is 20.2 Å². The predicted octanol–water partition coefficient (Wildman–Crippen LogP) is 2.17.